The Labute approximate surface area is 114 Å². The third-order valence-electron chi connectivity index (χ3n) is 2.96. The molecule has 5 N–H and O–H groups in total. The quantitative estimate of drug-likeness (QED) is 0.672. The zero-order valence-electron chi connectivity index (χ0n) is 10.8. The van der Waals surface area contributed by atoms with E-state index in [1.54, 1.807) is 24.4 Å². The van der Waals surface area contributed by atoms with E-state index in [1.807, 2.05) is 0 Å². The van der Waals surface area contributed by atoms with E-state index in [1.165, 1.54) is 7.11 Å². The second-order valence-electron chi connectivity index (χ2n) is 4.34. The van der Waals surface area contributed by atoms with Crippen LogP contribution in [0.4, 0.5) is 10.5 Å². The van der Waals surface area contributed by atoms with E-state index in [4.69, 9.17) is 10.8 Å². The Hall–Kier alpha value is -2.54. The van der Waals surface area contributed by atoms with Gasteiger partial charge in [0.15, 0.2) is 0 Å². The van der Waals surface area contributed by atoms with Crippen LogP contribution in [-0.4, -0.2) is 35.3 Å². The summed E-state index contributed by atoms with van der Waals surface area (Å²) in [6.45, 7) is 0. The summed E-state index contributed by atoms with van der Waals surface area (Å²) in [5, 5.41) is 12.2. The van der Waals surface area contributed by atoms with Crippen LogP contribution in [0.3, 0.4) is 0 Å². The van der Waals surface area contributed by atoms with Gasteiger partial charge in [0.05, 0.1) is 7.11 Å². The summed E-state index contributed by atoms with van der Waals surface area (Å²) < 4.78 is 4.52. The van der Waals surface area contributed by atoms with Crippen molar-refractivity contribution in [2.75, 3.05) is 12.4 Å². The summed E-state index contributed by atoms with van der Waals surface area (Å²) in [5.74, 6) is -1.05. The molecule has 0 fully saturated rings. The summed E-state index contributed by atoms with van der Waals surface area (Å²) in [4.78, 5) is 25.0. The van der Waals surface area contributed by atoms with Gasteiger partial charge in [-0.25, -0.2) is 4.79 Å². The molecule has 1 atom stereocenters. The van der Waals surface area contributed by atoms with Crippen LogP contribution in [0.2, 0.25) is 0 Å². The summed E-state index contributed by atoms with van der Waals surface area (Å²) in [6.07, 6.45) is 1.36. The van der Waals surface area contributed by atoms with Gasteiger partial charge in [-0.15, -0.1) is 0 Å². The van der Waals surface area contributed by atoms with Crippen molar-refractivity contribution in [3.63, 3.8) is 0 Å². The molecule has 0 aliphatic rings. The number of nitrogens with two attached hydrogens (primary N) is 1. The maximum Gasteiger partial charge on any atom is 0.411 e. The average Bonchev–Trinajstić information content (AvgIpc) is 2.81. The molecule has 7 heteroatoms. The zero-order chi connectivity index (χ0) is 14.7. The first-order chi connectivity index (χ1) is 9.51. The molecule has 2 aromatic rings. The molecule has 1 amide bonds. The van der Waals surface area contributed by atoms with E-state index < -0.39 is 18.1 Å². The Morgan fingerprint density at radius 1 is 1.50 bits per heavy atom. The number of hydrogen-bond acceptors (Lipinski definition) is 4. The fourth-order valence-electron chi connectivity index (χ4n) is 1.92. The maximum atomic E-state index is 11.2. The number of aliphatic carboxylic acids is 1. The van der Waals surface area contributed by atoms with Crippen LogP contribution in [0.25, 0.3) is 10.9 Å². The van der Waals surface area contributed by atoms with E-state index in [-0.39, 0.29) is 6.42 Å². The molecule has 1 heterocycles. The van der Waals surface area contributed by atoms with Gasteiger partial charge in [0, 0.05) is 29.2 Å². The number of benzene rings is 1. The van der Waals surface area contributed by atoms with Crippen molar-refractivity contribution in [2.45, 2.75) is 12.5 Å². The first-order valence-corrected chi connectivity index (χ1v) is 5.94. The lowest BCUT2D eigenvalue weighted by molar-refractivity contribution is -0.138. The Kier molecular flexibility index (Phi) is 3.90. The van der Waals surface area contributed by atoms with Gasteiger partial charge in [-0.1, -0.05) is 0 Å². The molecule has 0 unspecified atom stereocenters. The van der Waals surface area contributed by atoms with Gasteiger partial charge in [-0.2, -0.15) is 0 Å². The van der Waals surface area contributed by atoms with Crippen molar-refractivity contribution in [2.24, 2.45) is 5.73 Å². The molecule has 0 aliphatic carbocycles. The van der Waals surface area contributed by atoms with Gasteiger partial charge in [0.25, 0.3) is 0 Å². The standard InChI is InChI=1S/C13H15N3O4/c1-20-13(19)16-8-2-3-11-9(5-8)7(6-15-11)4-10(14)12(17)18/h2-3,5-6,10,15H,4,14H2,1H3,(H,16,19)(H,17,18)/t10-/m0/s1. The average molecular weight is 277 g/mol. The normalized spacial score (nSPS) is 12.1. The molecule has 7 nitrogen and oxygen atoms in total. The predicted octanol–water partition coefficient (Wildman–Crippen LogP) is 1.30. The number of rotatable bonds is 4. The molecule has 0 aliphatic heterocycles. The van der Waals surface area contributed by atoms with Crippen LogP contribution in [0.15, 0.2) is 24.4 Å². The number of nitrogens with one attached hydrogen (secondary N) is 2. The summed E-state index contributed by atoms with van der Waals surface area (Å²) in [7, 11) is 1.28. The topological polar surface area (TPSA) is 117 Å². The third-order valence-corrected chi connectivity index (χ3v) is 2.96. The smallest absolute Gasteiger partial charge is 0.411 e. The highest BCUT2D eigenvalue weighted by Crippen LogP contribution is 2.23. The molecule has 0 spiro atoms. The van der Waals surface area contributed by atoms with Crippen molar-refractivity contribution >= 4 is 28.7 Å². The Balaban J connectivity index is 2.30. The minimum atomic E-state index is -1.05. The predicted molar refractivity (Wildman–Crippen MR) is 73.6 cm³/mol. The lowest BCUT2D eigenvalue weighted by Crippen LogP contribution is -2.32. The zero-order valence-corrected chi connectivity index (χ0v) is 10.8. The van der Waals surface area contributed by atoms with E-state index >= 15 is 0 Å². The first-order valence-electron chi connectivity index (χ1n) is 5.94. The molecular weight excluding hydrogens is 262 g/mol. The maximum absolute atomic E-state index is 11.2. The molecule has 1 aromatic heterocycles. The molecule has 1 aromatic carbocycles. The number of ether oxygens (including phenoxy) is 1. The molecular formula is C13H15N3O4. The lowest BCUT2D eigenvalue weighted by Gasteiger charge is -2.06. The van der Waals surface area contributed by atoms with Gasteiger partial charge < -0.3 is 20.6 Å². The molecule has 20 heavy (non-hydrogen) atoms. The number of carboxylic acid groups (broad SMARTS) is 1. The van der Waals surface area contributed by atoms with E-state index in [0.717, 1.165) is 16.5 Å². The number of aromatic amines is 1. The van der Waals surface area contributed by atoms with Crippen molar-refractivity contribution in [3.8, 4) is 0 Å². The van der Waals surface area contributed by atoms with Crippen molar-refractivity contribution in [3.05, 3.63) is 30.0 Å². The number of hydrogen-bond donors (Lipinski definition) is 4. The van der Waals surface area contributed by atoms with E-state index in [0.29, 0.717) is 5.69 Å². The number of H-pyrrole nitrogens is 1. The summed E-state index contributed by atoms with van der Waals surface area (Å²) in [6, 6.07) is 4.28. The Bertz CT molecular complexity index is 650. The summed E-state index contributed by atoms with van der Waals surface area (Å²) >= 11 is 0. The fraction of sp³-hybridized carbons (Fsp3) is 0.231. The second kappa shape index (κ2) is 5.62. The van der Waals surface area contributed by atoms with Gasteiger partial charge in [-0.05, 0) is 23.8 Å². The minimum Gasteiger partial charge on any atom is -0.480 e. The molecule has 0 saturated heterocycles. The number of amides is 1. The Morgan fingerprint density at radius 3 is 2.90 bits per heavy atom. The van der Waals surface area contributed by atoms with Crippen LogP contribution in [0.5, 0.6) is 0 Å². The molecule has 0 radical (unpaired) electrons. The molecule has 0 saturated carbocycles. The fourth-order valence-corrected chi connectivity index (χ4v) is 1.92. The van der Waals surface area contributed by atoms with Crippen LogP contribution >= 0.6 is 0 Å². The highest BCUT2D eigenvalue weighted by molar-refractivity contribution is 5.92. The number of anilines is 1. The third kappa shape index (κ3) is 2.89. The van der Waals surface area contributed by atoms with Crippen molar-refractivity contribution in [1.29, 1.82) is 0 Å². The lowest BCUT2D eigenvalue weighted by atomic mass is 10.1. The molecule has 0 bridgehead atoms. The number of fused-ring (bicyclic) bond motifs is 1. The highest BCUT2D eigenvalue weighted by atomic mass is 16.5. The number of carbonyl (C=O) groups excluding carboxylic acids is 1. The van der Waals surface area contributed by atoms with Crippen LogP contribution in [0.1, 0.15) is 5.56 Å². The van der Waals surface area contributed by atoms with Crippen LogP contribution < -0.4 is 11.1 Å². The number of aromatic nitrogens is 1. The van der Waals surface area contributed by atoms with Crippen LogP contribution in [0, 0.1) is 0 Å². The number of methoxy groups -OCH3 is 1. The van der Waals surface area contributed by atoms with Gasteiger partial charge in [0.1, 0.15) is 6.04 Å². The number of carboxylic acids is 1. The highest BCUT2D eigenvalue weighted by Gasteiger charge is 2.15. The van der Waals surface area contributed by atoms with Crippen LogP contribution in [-0.2, 0) is 16.0 Å². The second-order valence-corrected chi connectivity index (χ2v) is 4.34. The van der Waals surface area contributed by atoms with Crippen molar-refractivity contribution in [1.82, 2.24) is 4.98 Å². The SMILES string of the molecule is COC(=O)Nc1ccc2[nH]cc(C[C@H](N)C(=O)O)c2c1. The largest absolute Gasteiger partial charge is 0.480 e. The summed E-state index contributed by atoms with van der Waals surface area (Å²) in [5.41, 5.74) is 7.72. The number of carbonyl (C=O) groups is 2. The Morgan fingerprint density at radius 2 is 2.25 bits per heavy atom. The molecule has 106 valence electrons. The van der Waals surface area contributed by atoms with Crippen molar-refractivity contribution < 1.29 is 19.4 Å². The van der Waals surface area contributed by atoms with Gasteiger partial charge in [0.2, 0.25) is 0 Å². The minimum absolute atomic E-state index is 0.205. The van der Waals surface area contributed by atoms with Gasteiger partial charge in [-0.3, -0.25) is 10.1 Å². The first kappa shape index (κ1) is 13.9. The van der Waals surface area contributed by atoms with Gasteiger partial charge >= 0.3 is 12.1 Å². The molecule has 2 rings (SSSR count). The monoisotopic (exact) mass is 277 g/mol. The van der Waals surface area contributed by atoms with E-state index in [2.05, 4.69) is 15.0 Å². The van der Waals surface area contributed by atoms with E-state index in [9.17, 15) is 9.59 Å².